The van der Waals surface area contributed by atoms with Crippen molar-refractivity contribution in [3.05, 3.63) is 107 Å². The third-order valence-corrected chi connectivity index (χ3v) is 6.47. The van der Waals surface area contributed by atoms with Crippen molar-refractivity contribution in [1.82, 2.24) is 15.8 Å². The molecule has 0 unspecified atom stereocenters. The van der Waals surface area contributed by atoms with Crippen LogP contribution in [0.15, 0.2) is 90.0 Å². The first-order valence-electron chi connectivity index (χ1n) is 11.3. The van der Waals surface area contributed by atoms with Crippen LogP contribution in [-0.4, -0.2) is 22.6 Å². The van der Waals surface area contributed by atoms with E-state index < -0.39 is 11.8 Å². The van der Waals surface area contributed by atoms with Crippen LogP contribution < -0.4 is 10.9 Å². The number of benzene rings is 3. The summed E-state index contributed by atoms with van der Waals surface area (Å²) in [6.45, 7) is 3.95. The molecule has 1 heterocycles. The molecule has 178 valence electrons. The van der Waals surface area contributed by atoms with Crippen LogP contribution in [0.5, 0.6) is 0 Å². The van der Waals surface area contributed by atoms with Gasteiger partial charge in [0.1, 0.15) is 11.1 Å². The monoisotopic (exact) mass is 492 g/mol. The van der Waals surface area contributed by atoms with Crippen LogP contribution in [0.2, 0.25) is 0 Å². The summed E-state index contributed by atoms with van der Waals surface area (Å²) in [6, 6.07) is 28.8. The Kier molecular flexibility index (Phi) is 7.79. The number of amides is 2. The molecule has 0 radical (unpaired) electrons. The third-order valence-electron chi connectivity index (χ3n) is 5.50. The molecule has 4 aromatic rings. The average Bonchev–Trinajstić information content (AvgIpc) is 2.91. The molecule has 2 N–H and O–H groups in total. The predicted molar refractivity (Wildman–Crippen MR) is 142 cm³/mol. The molecule has 7 heteroatoms. The van der Waals surface area contributed by atoms with Gasteiger partial charge < -0.3 is 0 Å². The number of aryl methyl sites for hydroxylation is 2. The van der Waals surface area contributed by atoms with Crippen LogP contribution in [-0.2, 0) is 4.79 Å². The molecule has 0 aliphatic rings. The molecule has 0 fully saturated rings. The van der Waals surface area contributed by atoms with Crippen LogP contribution in [0.3, 0.4) is 0 Å². The maximum atomic E-state index is 12.5. The second kappa shape index (κ2) is 11.3. The Balaban J connectivity index is 1.55. The Morgan fingerprint density at radius 1 is 0.861 bits per heavy atom. The number of pyridine rings is 1. The topological polar surface area (TPSA) is 94.9 Å². The van der Waals surface area contributed by atoms with Gasteiger partial charge in [-0.2, -0.15) is 5.26 Å². The number of aromatic nitrogens is 1. The fraction of sp³-hybridized carbons (Fsp3) is 0.103. The van der Waals surface area contributed by atoms with Crippen molar-refractivity contribution in [2.24, 2.45) is 0 Å². The number of thioether (sulfide) groups is 1. The number of carbonyl (C=O) groups is 2. The highest BCUT2D eigenvalue weighted by Crippen LogP contribution is 2.34. The minimum absolute atomic E-state index is 0.0264. The van der Waals surface area contributed by atoms with Crippen molar-refractivity contribution in [2.45, 2.75) is 18.9 Å². The summed E-state index contributed by atoms with van der Waals surface area (Å²) in [4.78, 5) is 29.5. The van der Waals surface area contributed by atoms with Gasteiger partial charge in [0, 0.05) is 16.7 Å². The van der Waals surface area contributed by atoms with Gasteiger partial charge in [0.15, 0.2) is 0 Å². The number of hydrazine groups is 1. The number of nitrogens with zero attached hydrogens (tertiary/aromatic N) is 2. The van der Waals surface area contributed by atoms with Crippen LogP contribution in [0.4, 0.5) is 0 Å². The maximum Gasteiger partial charge on any atom is 0.269 e. The van der Waals surface area contributed by atoms with Crippen molar-refractivity contribution in [3.8, 4) is 28.5 Å². The van der Waals surface area contributed by atoms with E-state index in [0.717, 1.165) is 39.6 Å². The average molecular weight is 493 g/mol. The molecule has 36 heavy (non-hydrogen) atoms. The highest BCUT2D eigenvalue weighted by atomic mass is 32.2. The fourth-order valence-electron chi connectivity index (χ4n) is 3.53. The second-order valence-electron chi connectivity index (χ2n) is 8.24. The molecular weight excluding hydrogens is 468 g/mol. The lowest BCUT2D eigenvalue weighted by Crippen LogP contribution is -2.42. The first kappa shape index (κ1) is 24.7. The van der Waals surface area contributed by atoms with E-state index in [0.29, 0.717) is 21.8 Å². The number of hydrogen-bond donors (Lipinski definition) is 2. The summed E-state index contributed by atoms with van der Waals surface area (Å²) in [5, 5.41) is 10.4. The number of rotatable bonds is 6. The normalized spacial score (nSPS) is 10.4. The minimum atomic E-state index is -0.409. The SMILES string of the molecule is Cc1ccc(C(=O)NNC(=O)CSc2nc(-c3ccc(C)cc3)cc(-c3ccccc3)c2C#N)cc1. The Hall–Kier alpha value is -4.41. The Labute approximate surface area is 214 Å². The van der Waals surface area contributed by atoms with E-state index in [2.05, 4.69) is 16.9 Å². The lowest BCUT2D eigenvalue weighted by atomic mass is 9.99. The molecule has 6 nitrogen and oxygen atoms in total. The van der Waals surface area contributed by atoms with Gasteiger partial charge in [0.2, 0.25) is 5.91 Å². The first-order chi connectivity index (χ1) is 17.4. The molecule has 0 saturated carbocycles. The summed E-state index contributed by atoms with van der Waals surface area (Å²) in [5.41, 5.74) is 11.1. The number of carbonyl (C=O) groups excluding carboxylic acids is 2. The van der Waals surface area contributed by atoms with Crippen molar-refractivity contribution in [3.63, 3.8) is 0 Å². The van der Waals surface area contributed by atoms with Gasteiger partial charge in [0.05, 0.1) is 17.0 Å². The van der Waals surface area contributed by atoms with Gasteiger partial charge in [-0.05, 0) is 37.6 Å². The molecule has 0 atom stereocenters. The van der Waals surface area contributed by atoms with E-state index >= 15 is 0 Å². The third kappa shape index (κ3) is 5.98. The van der Waals surface area contributed by atoms with Crippen molar-refractivity contribution >= 4 is 23.6 Å². The zero-order chi connectivity index (χ0) is 25.5. The van der Waals surface area contributed by atoms with E-state index in [1.54, 1.807) is 12.1 Å². The molecule has 1 aromatic heterocycles. The van der Waals surface area contributed by atoms with Gasteiger partial charge in [-0.3, -0.25) is 20.4 Å². The minimum Gasteiger partial charge on any atom is -0.272 e. The lowest BCUT2D eigenvalue weighted by Gasteiger charge is -2.13. The fourth-order valence-corrected chi connectivity index (χ4v) is 4.33. The highest BCUT2D eigenvalue weighted by molar-refractivity contribution is 8.00. The molecule has 0 aliphatic carbocycles. The van der Waals surface area contributed by atoms with Crippen LogP contribution in [0.1, 0.15) is 27.0 Å². The van der Waals surface area contributed by atoms with Crippen LogP contribution >= 0.6 is 11.8 Å². The molecule has 2 amide bonds. The molecule has 0 aliphatic heterocycles. The molecule has 0 saturated heterocycles. The van der Waals surface area contributed by atoms with Crippen molar-refractivity contribution < 1.29 is 9.59 Å². The Morgan fingerprint density at radius 2 is 1.50 bits per heavy atom. The van der Waals surface area contributed by atoms with Gasteiger partial charge in [-0.25, -0.2) is 4.98 Å². The summed E-state index contributed by atoms with van der Waals surface area (Å²) >= 11 is 1.15. The summed E-state index contributed by atoms with van der Waals surface area (Å²) in [6.07, 6.45) is 0. The van der Waals surface area contributed by atoms with Gasteiger partial charge in [0.25, 0.3) is 5.91 Å². The van der Waals surface area contributed by atoms with Gasteiger partial charge in [-0.15, -0.1) is 0 Å². The van der Waals surface area contributed by atoms with Gasteiger partial charge >= 0.3 is 0 Å². The summed E-state index contributed by atoms with van der Waals surface area (Å²) in [5.74, 6) is -0.841. The largest absolute Gasteiger partial charge is 0.272 e. The molecule has 0 spiro atoms. The van der Waals surface area contributed by atoms with E-state index in [1.165, 1.54) is 0 Å². The second-order valence-corrected chi connectivity index (χ2v) is 9.20. The zero-order valence-electron chi connectivity index (χ0n) is 19.9. The lowest BCUT2D eigenvalue weighted by molar-refractivity contribution is -0.119. The number of hydrogen-bond acceptors (Lipinski definition) is 5. The maximum absolute atomic E-state index is 12.5. The van der Waals surface area contributed by atoms with Crippen molar-refractivity contribution in [1.29, 1.82) is 5.26 Å². The highest BCUT2D eigenvalue weighted by Gasteiger charge is 2.17. The number of nitrogens with one attached hydrogen (secondary N) is 2. The van der Waals surface area contributed by atoms with Crippen LogP contribution in [0, 0.1) is 25.2 Å². The molecule has 0 bridgehead atoms. The van der Waals surface area contributed by atoms with E-state index in [4.69, 9.17) is 4.98 Å². The van der Waals surface area contributed by atoms with Crippen LogP contribution in [0.25, 0.3) is 22.4 Å². The first-order valence-corrected chi connectivity index (χ1v) is 12.3. The van der Waals surface area contributed by atoms with E-state index in [-0.39, 0.29) is 5.75 Å². The van der Waals surface area contributed by atoms with E-state index in [9.17, 15) is 14.9 Å². The smallest absolute Gasteiger partial charge is 0.269 e. The Morgan fingerprint density at radius 3 is 2.14 bits per heavy atom. The Bertz CT molecular complexity index is 1430. The molecule has 4 rings (SSSR count). The predicted octanol–water partition coefficient (Wildman–Crippen LogP) is 5.46. The van der Waals surface area contributed by atoms with E-state index in [1.807, 2.05) is 86.6 Å². The number of nitriles is 1. The molecule has 3 aromatic carbocycles. The zero-order valence-corrected chi connectivity index (χ0v) is 20.7. The standard InChI is InChI=1S/C29H24N4O2S/c1-19-8-12-22(13-9-19)26-16-24(21-6-4-3-5-7-21)25(17-30)29(31-26)36-18-27(34)32-33-28(35)23-14-10-20(2)11-15-23/h3-16H,18H2,1-2H3,(H,32,34)(H,33,35). The van der Waals surface area contributed by atoms with Gasteiger partial charge in [-0.1, -0.05) is 89.6 Å². The quantitative estimate of drug-likeness (QED) is 0.275. The van der Waals surface area contributed by atoms with Crippen molar-refractivity contribution in [2.75, 3.05) is 5.75 Å². The summed E-state index contributed by atoms with van der Waals surface area (Å²) in [7, 11) is 0. The summed E-state index contributed by atoms with van der Waals surface area (Å²) < 4.78 is 0. The molecular formula is C29H24N4O2S.